The molecule has 0 N–H and O–H groups in total. The number of rotatable bonds is 4. The van der Waals surface area contributed by atoms with E-state index in [-0.39, 0.29) is 16.4 Å². The van der Waals surface area contributed by atoms with Gasteiger partial charge in [0.2, 0.25) is 14.1 Å². The number of Topliss-reactive ketones (excluding diaryl/α,β-unsaturated/α-hetero) is 1. The SMILES string of the molecule is COC(=O)C(C)(C)C1(C#N)C(=O)C(Cl)=C(Cl)C(O[Si](C)(C)C)=C1C#N. The second-order valence-electron chi connectivity index (χ2n) is 6.97. The molecule has 0 amide bonds. The molecule has 25 heavy (non-hydrogen) atoms. The molecule has 0 aromatic heterocycles. The Kier molecular flexibility index (Phi) is 5.81. The third kappa shape index (κ3) is 3.20. The molecule has 1 aliphatic carbocycles. The van der Waals surface area contributed by atoms with E-state index in [1.54, 1.807) is 0 Å². The molecule has 1 rings (SSSR count). The molecule has 0 aromatic rings. The van der Waals surface area contributed by atoms with Gasteiger partial charge in [0.05, 0.1) is 18.6 Å². The van der Waals surface area contributed by atoms with Gasteiger partial charge in [-0.1, -0.05) is 23.2 Å². The lowest BCUT2D eigenvalue weighted by atomic mass is 9.58. The summed E-state index contributed by atoms with van der Waals surface area (Å²) in [7, 11) is -1.16. The maximum Gasteiger partial charge on any atom is 0.313 e. The van der Waals surface area contributed by atoms with E-state index >= 15 is 0 Å². The highest BCUT2D eigenvalue weighted by molar-refractivity contribution is 6.70. The molecule has 6 nitrogen and oxygen atoms in total. The fourth-order valence-corrected chi connectivity index (χ4v) is 3.87. The number of allylic oxidation sites excluding steroid dienone is 3. The average Bonchev–Trinajstić information content (AvgIpc) is 2.52. The van der Waals surface area contributed by atoms with Crippen LogP contribution >= 0.6 is 23.2 Å². The molecule has 1 atom stereocenters. The summed E-state index contributed by atoms with van der Waals surface area (Å²) >= 11 is 12.2. The number of methoxy groups -OCH3 is 1. The van der Waals surface area contributed by atoms with Gasteiger partial charge in [-0.25, -0.2) is 0 Å². The Labute approximate surface area is 157 Å². The standard InChI is InChI=1S/C16H18Cl2N2O4Si/c1-15(2,14(22)23-3)16(8-20)9(7-19)12(24-25(4,5)6)10(17)11(18)13(16)21/h1-6H3. The highest BCUT2D eigenvalue weighted by atomic mass is 35.5. The van der Waals surface area contributed by atoms with Crippen LogP contribution in [-0.2, 0) is 18.8 Å². The van der Waals surface area contributed by atoms with Gasteiger partial charge in [-0.3, -0.25) is 9.59 Å². The predicted molar refractivity (Wildman–Crippen MR) is 94.7 cm³/mol. The molecule has 0 spiro atoms. The van der Waals surface area contributed by atoms with Crippen molar-refractivity contribution in [2.75, 3.05) is 7.11 Å². The van der Waals surface area contributed by atoms with Crippen LogP contribution in [0.25, 0.3) is 0 Å². The van der Waals surface area contributed by atoms with Gasteiger partial charge in [0.25, 0.3) is 0 Å². The molecular weight excluding hydrogens is 383 g/mol. The van der Waals surface area contributed by atoms with E-state index in [2.05, 4.69) is 0 Å². The zero-order chi connectivity index (χ0) is 19.8. The van der Waals surface area contributed by atoms with Crippen LogP contribution in [0.4, 0.5) is 0 Å². The van der Waals surface area contributed by atoms with Crippen molar-refractivity contribution in [2.45, 2.75) is 33.5 Å². The Morgan fingerprint density at radius 1 is 1.20 bits per heavy atom. The van der Waals surface area contributed by atoms with Crippen molar-refractivity contribution in [2.24, 2.45) is 10.8 Å². The molecule has 0 aromatic carbocycles. The number of ether oxygens (including phenoxy) is 1. The van der Waals surface area contributed by atoms with E-state index in [9.17, 15) is 20.1 Å². The minimum atomic E-state index is -2.29. The summed E-state index contributed by atoms with van der Waals surface area (Å²) in [5.41, 5.74) is -4.25. The second kappa shape index (κ2) is 6.84. The zero-order valence-corrected chi connectivity index (χ0v) is 17.3. The van der Waals surface area contributed by atoms with E-state index in [0.29, 0.717) is 0 Å². The first kappa shape index (κ1) is 21.2. The van der Waals surface area contributed by atoms with Gasteiger partial charge in [-0.05, 0) is 33.5 Å². The van der Waals surface area contributed by atoms with Crippen LogP contribution in [0.3, 0.4) is 0 Å². The van der Waals surface area contributed by atoms with Gasteiger partial charge in [-0.2, -0.15) is 10.5 Å². The molecule has 1 unspecified atom stereocenters. The summed E-state index contributed by atoms with van der Waals surface area (Å²) in [5, 5.41) is 18.9. The number of hydrogen-bond donors (Lipinski definition) is 0. The van der Waals surface area contributed by atoms with E-state index in [0.717, 1.165) is 7.11 Å². The molecule has 1 aliphatic rings. The lowest BCUT2D eigenvalue weighted by Crippen LogP contribution is -2.52. The quantitative estimate of drug-likeness (QED) is 0.527. The van der Waals surface area contributed by atoms with Crippen LogP contribution in [0.2, 0.25) is 19.6 Å². The van der Waals surface area contributed by atoms with E-state index < -0.39 is 35.9 Å². The minimum absolute atomic E-state index is 0.133. The summed E-state index contributed by atoms with van der Waals surface area (Å²) in [6, 6.07) is 3.65. The Hall–Kier alpha value is -1.80. The maximum atomic E-state index is 12.9. The summed E-state index contributed by atoms with van der Waals surface area (Å²) in [4.78, 5) is 25.2. The van der Waals surface area contributed by atoms with Gasteiger partial charge in [0.15, 0.2) is 5.41 Å². The highest BCUT2D eigenvalue weighted by Gasteiger charge is 2.63. The largest absolute Gasteiger partial charge is 0.543 e. The first-order valence-electron chi connectivity index (χ1n) is 7.25. The molecule has 134 valence electrons. The van der Waals surface area contributed by atoms with Crippen molar-refractivity contribution in [1.82, 2.24) is 0 Å². The van der Waals surface area contributed by atoms with Crippen molar-refractivity contribution in [1.29, 1.82) is 10.5 Å². The van der Waals surface area contributed by atoms with Crippen LogP contribution in [0, 0.1) is 33.5 Å². The number of hydrogen-bond acceptors (Lipinski definition) is 6. The lowest BCUT2D eigenvalue weighted by Gasteiger charge is -2.40. The monoisotopic (exact) mass is 400 g/mol. The topological polar surface area (TPSA) is 100 Å². The van der Waals surface area contributed by atoms with Gasteiger partial charge in [0.1, 0.15) is 27.5 Å². The number of nitriles is 2. The number of esters is 1. The van der Waals surface area contributed by atoms with E-state index in [1.165, 1.54) is 13.8 Å². The van der Waals surface area contributed by atoms with Crippen molar-refractivity contribution in [3.8, 4) is 12.1 Å². The molecule has 0 radical (unpaired) electrons. The van der Waals surface area contributed by atoms with Crippen LogP contribution in [-0.4, -0.2) is 27.2 Å². The summed E-state index contributed by atoms with van der Waals surface area (Å²) < 4.78 is 10.6. The number of halogens is 2. The maximum absolute atomic E-state index is 12.9. The van der Waals surface area contributed by atoms with Crippen molar-refractivity contribution >= 4 is 43.3 Å². The minimum Gasteiger partial charge on any atom is -0.543 e. The van der Waals surface area contributed by atoms with Crippen molar-refractivity contribution < 1.29 is 18.8 Å². The molecule has 0 saturated heterocycles. The van der Waals surface area contributed by atoms with Crippen LogP contribution in [0.15, 0.2) is 21.4 Å². The Morgan fingerprint density at radius 3 is 2.08 bits per heavy atom. The van der Waals surface area contributed by atoms with Gasteiger partial charge in [-0.15, -0.1) is 0 Å². The smallest absolute Gasteiger partial charge is 0.313 e. The van der Waals surface area contributed by atoms with Crippen LogP contribution in [0.1, 0.15) is 13.8 Å². The second-order valence-corrected chi connectivity index (χ2v) is 12.2. The normalized spacial score (nSPS) is 21.6. The highest BCUT2D eigenvalue weighted by Crippen LogP contribution is 2.53. The molecule has 0 saturated carbocycles. The molecule has 9 heteroatoms. The fraction of sp³-hybridized carbons (Fsp3) is 0.500. The van der Waals surface area contributed by atoms with E-state index in [1.807, 2.05) is 31.8 Å². The summed E-state index contributed by atoms with van der Waals surface area (Å²) in [6.45, 7) is 8.19. The average molecular weight is 401 g/mol. The van der Waals surface area contributed by atoms with Gasteiger partial charge < -0.3 is 9.16 Å². The molecule has 0 heterocycles. The molecule has 0 fully saturated rings. The Balaban J connectivity index is 3.97. The zero-order valence-electron chi connectivity index (χ0n) is 14.8. The number of nitrogens with zero attached hydrogens (tertiary/aromatic N) is 2. The van der Waals surface area contributed by atoms with Crippen molar-refractivity contribution in [3.63, 3.8) is 0 Å². The Bertz CT molecular complexity index is 781. The van der Waals surface area contributed by atoms with Crippen LogP contribution < -0.4 is 0 Å². The Morgan fingerprint density at radius 2 is 1.72 bits per heavy atom. The number of carbonyl (C=O) groups excluding carboxylic acids is 2. The molecular formula is C16H18Cl2N2O4Si. The van der Waals surface area contributed by atoms with Crippen molar-refractivity contribution in [3.05, 3.63) is 21.4 Å². The molecule has 0 aliphatic heterocycles. The number of carbonyl (C=O) groups is 2. The summed E-state index contributed by atoms with van der Waals surface area (Å²) in [6.07, 6.45) is 0. The van der Waals surface area contributed by atoms with E-state index in [4.69, 9.17) is 32.4 Å². The fourth-order valence-electron chi connectivity index (χ4n) is 2.55. The first-order chi connectivity index (χ1) is 11.3. The van der Waals surface area contributed by atoms with Gasteiger partial charge >= 0.3 is 5.97 Å². The van der Waals surface area contributed by atoms with Gasteiger partial charge in [0, 0.05) is 0 Å². The third-order valence-corrected chi connectivity index (χ3v) is 5.49. The lowest BCUT2D eigenvalue weighted by molar-refractivity contribution is -0.158. The van der Waals surface area contributed by atoms with Crippen LogP contribution in [0.5, 0.6) is 0 Å². The molecule has 0 bridgehead atoms. The summed E-state index contributed by atoms with van der Waals surface area (Å²) in [5.74, 6) is -1.91. The number of ketones is 1. The first-order valence-corrected chi connectivity index (χ1v) is 11.4. The predicted octanol–water partition coefficient (Wildman–Crippen LogP) is 3.60. The third-order valence-electron chi connectivity index (χ3n) is 3.86.